The molecule has 3 aliphatic rings. The third kappa shape index (κ3) is 2.96. The Morgan fingerprint density at radius 3 is 2.62 bits per heavy atom. The molecule has 1 N–H and O–H groups in total. The summed E-state index contributed by atoms with van der Waals surface area (Å²) >= 11 is 0. The summed E-state index contributed by atoms with van der Waals surface area (Å²) in [6.45, 7) is 5.01. The largest absolute Gasteiger partial charge is 0.392 e. The molecule has 0 bridgehead atoms. The number of hydrogen-bond acceptors (Lipinski definition) is 4. The number of nitrogens with zero attached hydrogens (tertiary/aromatic N) is 4. The average molecular weight is 356 g/mol. The van der Waals surface area contributed by atoms with E-state index >= 15 is 0 Å². The molecule has 1 aromatic heterocycles. The second kappa shape index (κ2) is 6.72. The van der Waals surface area contributed by atoms with E-state index in [9.17, 15) is 9.59 Å². The third-order valence-electron chi connectivity index (χ3n) is 5.65. The van der Waals surface area contributed by atoms with Crippen LogP contribution in [0.2, 0.25) is 0 Å². The number of aryl methyl sites for hydroxylation is 2. The predicted molar refractivity (Wildman–Crippen MR) is 95.2 cm³/mol. The summed E-state index contributed by atoms with van der Waals surface area (Å²) in [5.41, 5.74) is 3.61. The van der Waals surface area contributed by atoms with Gasteiger partial charge in [0.25, 0.3) is 0 Å². The van der Waals surface area contributed by atoms with Crippen LogP contribution >= 0.6 is 0 Å². The highest BCUT2D eigenvalue weighted by atomic mass is 16.2. The number of aromatic nitrogens is 2. The molecule has 1 atom stereocenters. The monoisotopic (exact) mass is 356 g/mol. The number of carbonyl (C=O) groups excluding carboxylic acids is 2. The molecule has 0 saturated carbocycles. The second-order valence-electron chi connectivity index (χ2n) is 7.32. The standard InChI is InChI=1S/C19H24N4O3/c1-13-20-7-17-5-4-14(12-23(13)17)19(26)22-10-15-8-21(9-16(15)11-22)18(25)3-2-6-24/h2-3,7,14,24H,4-6,8-12H2,1H3/b3-2+. The van der Waals surface area contributed by atoms with Gasteiger partial charge >= 0.3 is 0 Å². The number of aliphatic hydroxyl groups excluding tert-OH is 1. The summed E-state index contributed by atoms with van der Waals surface area (Å²) < 4.78 is 2.16. The van der Waals surface area contributed by atoms with Gasteiger partial charge in [-0.15, -0.1) is 0 Å². The van der Waals surface area contributed by atoms with E-state index in [0.717, 1.165) is 25.2 Å². The first-order valence-electron chi connectivity index (χ1n) is 9.12. The van der Waals surface area contributed by atoms with Crippen LogP contribution in [-0.4, -0.2) is 69.1 Å². The Labute approximate surface area is 152 Å². The summed E-state index contributed by atoms with van der Waals surface area (Å²) in [5.74, 6) is 1.13. The van der Waals surface area contributed by atoms with Crippen molar-refractivity contribution in [3.8, 4) is 0 Å². The second-order valence-corrected chi connectivity index (χ2v) is 7.32. The average Bonchev–Trinajstić information content (AvgIpc) is 3.32. The molecular formula is C19H24N4O3. The van der Waals surface area contributed by atoms with E-state index in [-0.39, 0.29) is 24.3 Å². The lowest BCUT2D eigenvalue weighted by Crippen LogP contribution is -2.41. The summed E-state index contributed by atoms with van der Waals surface area (Å²) in [5, 5.41) is 8.79. The molecule has 3 aliphatic heterocycles. The lowest BCUT2D eigenvalue weighted by Gasteiger charge is -2.29. The minimum atomic E-state index is -0.130. The molecule has 0 aromatic carbocycles. The van der Waals surface area contributed by atoms with Gasteiger partial charge in [-0.2, -0.15) is 0 Å². The Balaban J connectivity index is 1.35. The van der Waals surface area contributed by atoms with Gasteiger partial charge in [-0.3, -0.25) is 9.59 Å². The summed E-state index contributed by atoms with van der Waals surface area (Å²) in [6.07, 6.45) is 6.56. The van der Waals surface area contributed by atoms with E-state index in [0.29, 0.717) is 26.2 Å². The number of hydrogen-bond donors (Lipinski definition) is 1. The molecule has 0 spiro atoms. The van der Waals surface area contributed by atoms with E-state index < -0.39 is 0 Å². The first kappa shape index (κ1) is 17.0. The minimum Gasteiger partial charge on any atom is -0.392 e. The normalized spacial score (nSPS) is 22.3. The van der Waals surface area contributed by atoms with Crippen molar-refractivity contribution in [2.24, 2.45) is 5.92 Å². The van der Waals surface area contributed by atoms with E-state index in [1.807, 2.05) is 18.0 Å². The van der Waals surface area contributed by atoms with E-state index in [1.165, 1.54) is 29.0 Å². The van der Waals surface area contributed by atoms with Crippen LogP contribution in [0, 0.1) is 12.8 Å². The van der Waals surface area contributed by atoms with Crippen molar-refractivity contribution in [2.75, 3.05) is 32.8 Å². The summed E-state index contributed by atoms with van der Waals surface area (Å²) in [7, 11) is 0. The van der Waals surface area contributed by atoms with Gasteiger partial charge < -0.3 is 19.5 Å². The Morgan fingerprint density at radius 2 is 1.92 bits per heavy atom. The molecule has 1 aromatic rings. The smallest absolute Gasteiger partial charge is 0.246 e. The SMILES string of the molecule is Cc1ncc2n1CC(C(=O)N1CC3=C(CN(C(=O)/C=C/CO)C3)C1)CC2. The number of imidazole rings is 1. The van der Waals surface area contributed by atoms with Gasteiger partial charge in [0.1, 0.15) is 5.82 Å². The number of aliphatic hydroxyl groups is 1. The van der Waals surface area contributed by atoms with Crippen LogP contribution in [-0.2, 0) is 22.6 Å². The van der Waals surface area contributed by atoms with Crippen molar-refractivity contribution in [3.63, 3.8) is 0 Å². The van der Waals surface area contributed by atoms with Gasteiger partial charge in [-0.05, 0) is 30.9 Å². The zero-order valence-electron chi connectivity index (χ0n) is 15.0. The van der Waals surface area contributed by atoms with E-state index in [2.05, 4.69) is 9.55 Å². The Kier molecular flexibility index (Phi) is 4.40. The van der Waals surface area contributed by atoms with Gasteiger partial charge in [0.2, 0.25) is 11.8 Å². The number of amides is 2. The Bertz CT molecular complexity index is 790. The van der Waals surface area contributed by atoms with Gasteiger partial charge in [-0.1, -0.05) is 6.08 Å². The Hall–Kier alpha value is -2.41. The Morgan fingerprint density at radius 1 is 1.23 bits per heavy atom. The molecule has 4 rings (SSSR count). The maximum Gasteiger partial charge on any atom is 0.246 e. The van der Waals surface area contributed by atoms with Gasteiger partial charge in [0.15, 0.2) is 0 Å². The fourth-order valence-corrected chi connectivity index (χ4v) is 4.21. The van der Waals surface area contributed by atoms with Gasteiger partial charge in [0, 0.05) is 50.7 Å². The fraction of sp³-hybridized carbons (Fsp3) is 0.526. The molecule has 1 unspecified atom stereocenters. The van der Waals surface area contributed by atoms with Crippen molar-refractivity contribution < 1.29 is 14.7 Å². The number of fused-ring (bicyclic) bond motifs is 1. The topological polar surface area (TPSA) is 78.7 Å². The highest BCUT2D eigenvalue weighted by Crippen LogP contribution is 2.29. The predicted octanol–water partition coefficient (Wildman–Crippen LogP) is 0.283. The summed E-state index contributed by atoms with van der Waals surface area (Å²) in [6, 6.07) is 0. The summed E-state index contributed by atoms with van der Waals surface area (Å²) in [4.78, 5) is 33.1. The van der Waals surface area contributed by atoms with Crippen LogP contribution in [0.5, 0.6) is 0 Å². The molecule has 0 radical (unpaired) electrons. The molecular weight excluding hydrogens is 332 g/mol. The first-order valence-corrected chi connectivity index (χ1v) is 9.12. The minimum absolute atomic E-state index is 0.0145. The lowest BCUT2D eigenvalue weighted by molar-refractivity contribution is -0.135. The molecule has 7 heteroatoms. The van der Waals surface area contributed by atoms with Crippen LogP contribution in [0.15, 0.2) is 29.5 Å². The van der Waals surface area contributed by atoms with Gasteiger partial charge in [-0.25, -0.2) is 4.98 Å². The highest BCUT2D eigenvalue weighted by Gasteiger charge is 2.36. The first-order chi connectivity index (χ1) is 12.6. The molecule has 26 heavy (non-hydrogen) atoms. The van der Waals surface area contributed by atoms with Crippen LogP contribution < -0.4 is 0 Å². The lowest BCUT2D eigenvalue weighted by atomic mass is 9.96. The van der Waals surface area contributed by atoms with Crippen LogP contribution in [0.1, 0.15) is 17.9 Å². The molecule has 4 heterocycles. The van der Waals surface area contributed by atoms with Crippen molar-refractivity contribution in [1.29, 1.82) is 0 Å². The van der Waals surface area contributed by atoms with Crippen molar-refractivity contribution in [2.45, 2.75) is 26.3 Å². The molecule has 0 aliphatic carbocycles. The zero-order valence-corrected chi connectivity index (χ0v) is 15.0. The molecule has 0 fully saturated rings. The van der Waals surface area contributed by atoms with E-state index in [1.54, 1.807) is 4.90 Å². The quantitative estimate of drug-likeness (QED) is 0.623. The van der Waals surface area contributed by atoms with Crippen LogP contribution in [0.4, 0.5) is 0 Å². The fourth-order valence-electron chi connectivity index (χ4n) is 4.21. The zero-order chi connectivity index (χ0) is 18.3. The highest BCUT2D eigenvalue weighted by molar-refractivity contribution is 5.89. The van der Waals surface area contributed by atoms with Gasteiger partial charge in [0.05, 0.1) is 12.5 Å². The van der Waals surface area contributed by atoms with Crippen molar-refractivity contribution in [1.82, 2.24) is 19.4 Å². The van der Waals surface area contributed by atoms with Crippen molar-refractivity contribution >= 4 is 11.8 Å². The maximum atomic E-state index is 13.0. The van der Waals surface area contributed by atoms with Crippen LogP contribution in [0.3, 0.4) is 0 Å². The molecule has 138 valence electrons. The number of carbonyl (C=O) groups is 2. The molecule has 2 amide bonds. The van der Waals surface area contributed by atoms with Crippen molar-refractivity contribution in [3.05, 3.63) is 41.0 Å². The third-order valence-corrected chi connectivity index (χ3v) is 5.65. The molecule has 7 nitrogen and oxygen atoms in total. The van der Waals surface area contributed by atoms with Crippen LogP contribution in [0.25, 0.3) is 0 Å². The molecule has 0 saturated heterocycles. The number of rotatable bonds is 3. The van der Waals surface area contributed by atoms with E-state index in [4.69, 9.17) is 5.11 Å². The maximum absolute atomic E-state index is 13.0.